The summed E-state index contributed by atoms with van der Waals surface area (Å²) in [5, 5.41) is 16.0. The fraction of sp³-hybridized carbons (Fsp3) is 0.148. The zero-order chi connectivity index (χ0) is 24.0. The van der Waals surface area contributed by atoms with Crippen molar-refractivity contribution in [3.63, 3.8) is 0 Å². The zero-order valence-electron chi connectivity index (χ0n) is 18.9. The van der Waals surface area contributed by atoms with Crippen molar-refractivity contribution in [2.45, 2.75) is 11.4 Å². The molecule has 174 valence electrons. The first kappa shape index (κ1) is 23.5. The van der Waals surface area contributed by atoms with Gasteiger partial charge in [-0.05, 0) is 42.3 Å². The molecule has 0 aliphatic rings. The Morgan fingerprint density at radius 3 is 2.44 bits per heavy atom. The molecule has 0 saturated carbocycles. The third-order valence-electron chi connectivity index (χ3n) is 5.49. The van der Waals surface area contributed by atoms with E-state index in [0.717, 1.165) is 10.9 Å². The summed E-state index contributed by atoms with van der Waals surface area (Å²) < 4.78 is 33.0. The van der Waals surface area contributed by atoms with Gasteiger partial charge in [-0.25, -0.2) is 8.42 Å². The minimum absolute atomic E-state index is 0.117. The molecule has 0 aliphatic heterocycles. The van der Waals surface area contributed by atoms with E-state index >= 15 is 0 Å². The third kappa shape index (κ3) is 5.11. The molecule has 0 unspecified atom stereocenters. The van der Waals surface area contributed by atoms with Crippen LogP contribution in [-0.4, -0.2) is 33.7 Å². The minimum atomic E-state index is -4.09. The van der Waals surface area contributed by atoms with E-state index in [1.807, 2.05) is 55.6 Å². The van der Waals surface area contributed by atoms with Gasteiger partial charge in [0.1, 0.15) is 12.4 Å². The second-order valence-corrected chi connectivity index (χ2v) is 9.66. The van der Waals surface area contributed by atoms with E-state index in [9.17, 15) is 8.42 Å². The van der Waals surface area contributed by atoms with Crippen LogP contribution in [0.1, 0.15) is 11.1 Å². The molecule has 0 fully saturated rings. The fourth-order valence-electron chi connectivity index (χ4n) is 3.70. The monoisotopic (exact) mass is 473 g/mol. The molecule has 0 saturated heterocycles. The fourth-order valence-corrected chi connectivity index (χ4v) is 5.12. The molecule has 7 heteroatoms. The largest absolute Gasteiger partial charge is 0.492 e. The van der Waals surface area contributed by atoms with Gasteiger partial charge in [0.15, 0.2) is 5.04 Å². The van der Waals surface area contributed by atoms with Crippen LogP contribution in [0.15, 0.2) is 95.9 Å². The summed E-state index contributed by atoms with van der Waals surface area (Å²) in [5.41, 5.74) is 1.87. The molecule has 0 amide bonds. The Morgan fingerprint density at radius 2 is 1.65 bits per heavy atom. The SMILES string of the molecule is CNCCOc1ccc(NCc2ccccc2)c(C(=N)S(=O)(=O)c2cccc3ccccc23)c1. The predicted molar refractivity (Wildman–Crippen MR) is 138 cm³/mol. The first-order valence-corrected chi connectivity index (χ1v) is 12.5. The molecule has 0 spiro atoms. The Morgan fingerprint density at radius 1 is 0.912 bits per heavy atom. The molecular weight excluding hydrogens is 446 g/mol. The number of rotatable bonds is 9. The Kier molecular flexibility index (Phi) is 7.25. The number of hydrogen-bond acceptors (Lipinski definition) is 6. The van der Waals surface area contributed by atoms with Crippen LogP contribution in [0.25, 0.3) is 10.8 Å². The van der Waals surface area contributed by atoms with Crippen molar-refractivity contribution < 1.29 is 13.2 Å². The van der Waals surface area contributed by atoms with Crippen molar-refractivity contribution >= 4 is 31.3 Å². The van der Waals surface area contributed by atoms with E-state index < -0.39 is 14.9 Å². The van der Waals surface area contributed by atoms with E-state index in [2.05, 4.69) is 10.6 Å². The second-order valence-electron chi connectivity index (χ2n) is 7.81. The number of sulfone groups is 1. The highest BCUT2D eigenvalue weighted by Crippen LogP contribution is 2.30. The normalized spacial score (nSPS) is 11.3. The van der Waals surface area contributed by atoms with Gasteiger partial charge in [0.05, 0.1) is 4.90 Å². The van der Waals surface area contributed by atoms with Crippen molar-refractivity contribution in [3.8, 4) is 5.75 Å². The van der Waals surface area contributed by atoms with Crippen molar-refractivity contribution in [2.75, 3.05) is 25.5 Å². The summed E-state index contributed by atoms with van der Waals surface area (Å²) in [5.74, 6) is 0.508. The number of hydrogen-bond donors (Lipinski definition) is 3. The Labute approximate surface area is 200 Å². The summed E-state index contributed by atoms with van der Waals surface area (Å²) >= 11 is 0. The predicted octanol–water partition coefficient (Wildman–Crippen LogP) is 4.85. The second kappa shape index (κ2) is 10.5. The number of fused-ring (bicyclic) bond motifs is 1. The minimum Gasteiger partial charge on any atom is -0.492 e. The van der Waals surface area contributed by atoms with Crippen LogP contribution in [0.4, 0.5) is 5.69 Å². The lowest BCUT2D eigenvalue weighted by Gasteiger charge is -2.16. The van der Waals surface area contributed by atoms with Crippen LogP contribution in [-0.2, 0) is 16.4 Å². The first-order valence-electron chi connectivity index (χ1n) is 11.0. The maximum Gasteiger partial charge on any atom is 0.224 e. The van der Waals surface area contributed by atoms with Crippen LogP contribution in [0, 0.1) is 5.41 Å². The van der Waals surface area contributed by atoms with Crippen molar-refractivity contribution in [1.29, 1.82) is 5.41 Å². The number of anilines is 1. The van der Waals surface area contributed by atoms with Gasteiger partial charge in [-0.15, -0.1) is 0 Å². The summed E-state index contributed by atoms with van der Waals surface area (Å²) in [6, 6.07) is 27.4. The molecule has 4 rings (SSSR count). The molecule has 0 aliphatic carbocycles. The highest BCUT2D eigenvalue weighted by atomic mass is 32.2. The molecule has 0 aromatic heterocycles. The van der Waals surface area contributed by atoms with Crippen LogP contribution >= 0.6 is 0 Å². The standard InChI is InChI=1S/C27H27N3O3S/c1-29-16-17-33-22-14-15-25(30-19-20-8-3-2-4-9-20)24(18-22)27(28)34(31,32)26-13-7-11-21-10-5-6-12-23(21)26/h2-15,18,28-30H,16-17,19H2,1H3. The average molecular weight is 474 g/mol. The number of ether oxygens (including phenoxy) is 1. The lowest BCUT2D eigenvalue weighted by Crippen LogP contribution is -2.19. The molecule has 6 nitrogen and oxygen atoms in total. The molecule has 4 aromatic carbocycles. The maximum atomic E-state index is 13.6. The van der Waals surface area contributed by atoms with E-state index in [4.69, 9.17) is 10.1 Å². The molecule has 0 heterocycles. The van der Waals surface area contributed by atoms with Crippen LogP contribution in [0.3, 0.4) is 0 Å². The van der Waals surface area contributed by atoms with Crippen LogP contribution < -0.4 is 15.4 Å². The number of benzene rings is 4. The van der Waals surface area contributed by atoms with Gasteiger partial charge in [-0.3, -0.25) is 5.41 Å². The van der Waals surface area contributed by atoms with Gasteiger partial charge >= 0.3 is 0 Å². The lowest BCUT2D eigenvalue weighted by molar-refractivity contribution is 0.318. The highest BCUT2D eigenvalue weighted by Gasteiger charge is 2.27. The molecule has 0 radical (unpaired) electrons. The molecular formula is C27H27N3O3S. The smallest absolute Gasteiger partial charge is 0.224 e. The topological polar surface area (TPSA) is 91.3 Å². The van der Waals surface area contributed by atoms with Crippen LogP contribution in [0.5, 0.6) is 5.75 Å². The highest BCUT2D eigenvalue weighted by molar-refractivity contribution is 8.07. The zero-order valence-corrected chi connectivity index (χ0v) is 19.7. The van der Waals surface area contributed by atoms with Gasteiger partial charge in [-0.1, -0.05) is 66.7 Å². The summed E-state index contributed by atoms with van der Waals surface area (Å²) in [6.07, 6.45) is 0. The first-order chi connectivity index (χ1) is 16.5. The summed E-state index contributed by atoms with van der Waals surface area (Å²) in [7, 11) is -2.26. The Bertz CT molecular complexity index is 1400. The van der Waals surface area contributed by atoms with Gasteiger partial charge in [0, 0.05) is 29.7 Å². The van der Waals surface area contributed by atoms with E-state index in [1.165, 1.54) is 0 Å². The quantitative estimate of drug-likeness (QED) is 0.184. The Hall–Kier alpha value is -3.68. The summed E-state index contributed by atoms with van der Waals surface area (Å²) in [4.78, 5) is 0.117. The summed E-state index contributed by atoms with van der Waals surface area (Å²) in [6.45, 7) is 1.57. The van der Waals surface area contributed by atoms with Gasteiger partial charge in [0.2, 0.25) is 9.84 Å². The van der Waals surface area contributed by atoms with Gasteiger partial charge < -0.3 is 15.4 Å². The van der Waals surface area contributed by atoms with Gasteiger partial charge in [-0.2, -0.15) is 0 Å². The van der Waals surface area contributed by atoms with Crippen molar-refractivity contribution in [3.05, 3.63) is 102 Å². The van der Waals surface area contributed by atoms with Crippen molar-refractivity contribution in [1.82, 2.24) is 5.32 Å². The number of likely N-dealkylation sites (N-methyl/N-ethyl adjacent to an activating group) is 1. The molecule has 3 N–H and O–H groups in total. The molecule has 4 aromatic rings. The van der Waals surface area contributed by atoms with E-state index in [0.29, 0.717) is 36.5 Å². The Balaban J connectivity index is 1.73. The molecule has 0 atom stereocenters. The average Bonchev–Trinajstić information content (AvgIpc) is 2.87. The molecule has 34 heavy (non-hydrogen) atoms. The van der Waals surface area contributed by atoms with Crippen molar-refractivity contribution in [2.24, 2.45) is 0 Å². The maximum absolute atomic E-state index is 13.6. The van der Waals surface area contributed by atoms with E-state index in [-0.39, 0.29) is 10.5 Å². The molecule has 0 bridgehead atoms. The lowest BCUT2D eigenvalue weighted by atomic mass is 10.1. The number of nitrogens with one attached hydrogen (secondary N) is 3. The van der Waals surface area contributed by atoms with E-state index in [1.54, 1.807) is 42.5 Å². The van der Waals surface area contributed by atoms with Gasteiger partial charge in [0.25, 0.3) is 0 Å². The third-order valence-corrected chi connectivity index (χ3v) is 7.18. The van der Waals surface area contributed by atoms with Crippen LogP contribution in [0.2, 0.25) is 0 Å².